The lowest BCUT2D eigenvalue weighted by molar-refractivity contribution is -0.107. The lowest BCUT2D eigenvalue weighted by Gasteiger charge is -2.38. The summed E-state index contributed by atoms with van der Waals surface area (Å²) in [5.41, 5.74) is 1.75. The molecule has 0 radical (unpaired) electrons. The molecule has 10 heteroatoms. The van der Waals surface area contributed by atoms with Gasteiger partial charge in [0.2, 0.25) is 0 Å². The van der Waals surface area contributed by atoms with Gasteiger partial charge in [0.15, 0.2) is 5.65 Å². The highest BCUT2D eigenvalue weighted by Gasteiger charge is 2.46. The largest absolute Gasteiger partial charge is 0.396 e. The van der Waals surface area contributed by atoms with Crippen molar-refractivity contribution in [3.63, 3.8) is 0 Å². The number of anilines is 1. The first kappa shape index (κ1) is 21.1. The minimum atomic E-state index is -2.86. The molecule has 1 fully saturated rings. The van der Waals surface area contributed by atoms with E-state index in [0.717, 1.165) is 16.9 Å². The zero-order chi connectivity index (χ0) is 22.2. The molecular weight excluding hydrogens is 411 g/mol. The second-order valence-electron chi connectivity index (χ2n) is 7.68. The van der Waals surface area contributed by atoms with E-state index in [0.29, 0.717) is 17.5 Å². The van der Waals surface area contributed by atoms with Gasteiger partial charge in [-0.05, 0) is 48.6 Å². The predicted octanol–water partition coefficient (Wildman–Crippen LogP) is 3.92. The molecule has 1 aliphatic rings. The number of halogens is 3. The molecule has 1 unspecified atom stereocenters. The van der Waals surface area contributed by atoms with E-state index in [-0.39, 0.29) is 23.9 Å². The standard InChI is InChI=1S/C21H22F3N5O2/c1-2-13(5-6-30)14-7-15-10-29(27-19(15)25-9-14)18-8-16(3-4-17(18)22)26-20(31)28-11-21(23,24)12-28/h3-4,7-10,13,30H,2,5-6,11-12H2,1H3,(H,26,31). The Morgan fingerprint density at radius 1 is 1.32 bits per heavy atom. The number of amides is 2. The topological polar surface area (TPSA) is 83.3 Å². The van der Waals surface area contributed by atoms with Crippen LogP contribution in [0.3, 0.4) is 0 Å². The van der Waals surface area contributed by atoms with Gasteiger partial charge < -0.3 is 15.3 Å². The number of alkyl halides is 2. The van der Waals surface area contributed by atoms with Crippen LogP contribution in [0.25, 0.3) is 16.7 Å². The zero-order valence-electron chi connectivity index (χ0n) is 16.9. The number of aliphatic hydroxyl groups excluding tert-OH is 1. The van der Waals surface area contributed by atoms with Gasteiger partial charge in [0.25, 0.3) is 5.92 Å². The van der Waals surface area contributed by atoms with E-state index in [1.165, 1.54) is 22.9 Å². The van der Waals surface area contributed by atoms with E-state index in [1.54, 1.807) is 12.4 Å². The quantitative estimate of drug-likeness (QED) is 0.617. The normalized spacial score (nSPS) is 16.2. The third-order valence-corrected chi connectivity index (χ3v) is 5.40. The van der Waals surface area contributed by atoms with Gasteiger partial charge in [-0.3, -0.25) is 0 Å². The maximum absolute atomic E-state index is 14.5. The van der Waals surface area contributed by atoms with Crippen molar-refractivity contribution in [1.29, 1.82) is 0 Å². The number of fused-ring (bicyclic) bond motifs is 1. The van der Waals surface area contributed by atoms with Crippen LogP contribution < -0.4 is 5.32 Å². The van der Waals surface area contributed by atoms with Crippen molar-refractivity contribution in [2.24, 2.45) is 0 Å². The number of aliphatic hydroxyl groups is 1. The van der Waals surface area contributed by atoms with Crippen LogP contribution in [-0.4, -0.2) is 56.4 Å². The summed E-state index contributed by atoms with van der Waals surface area (Å²) in [4.78, 5) is 17.4. The number of nitrogens with zero attached hydrogens (tertiary/aromatic N) is 4. The Morgan fingerprint density at radius 2 is 2.10 bits per heavy atom. The second kappa shape index (κ2) is 8.18. The van der Waals surface area contributed by atoms with Crippen LogP contribution in [-0.2, 0) is 0 Å². The molecule has 1 aromatic carbocycles. The van der Waals surface area contributed by atoms with Crippen LogP contribution in [0.2, 0.25) is 0 Å². The van der Waals surface area contributed by atoms with Gasteiger partial charge in [0.1, 0.15) is 11.5 Å². The van der Waals surface area contributed by atoms with Crippen LogP contribution >= 0.6 is 0 Å². The Kier molecular flexibility index (Phi) is 5.57. The van der Waals surface area contributed by atoms with E-state index in [1.807, 2.05) is 13.0 Å². The highest BCUT2D eigenvalue weighted by Crippen LogP contribution is 2.28. The van der Waals surface area contributed by atoms with Gasteiger partial charge >= 0.3 is 6.03 Å². The number of carbonyl (C=O) groups is 1. The molecule has 2 aromatic heterocycles. The summed E-state index contributed by atoms with van der Waals surface area (Å²) in [7, 11) is 0. The van der Waals surface area contributed by atoms with Crippen LogP contribution in [0.5, 0.6) is 0 Å². The third kappa shape index (κ3) is 4.34. The number of hydrogen-bond acceptors (Lipinski definition) is 4. The van der Waals surface area contributed by atoms with E-state index in [9.17, 15) is 23.1 Å². The molecule has 0 saturated carbocycles. The summed E-state index contributed by atoms with van der Waals surface area (Å²) >= 11 is 0. The zero-order valence-corrected chi connectivity index (χ0v) is 16.9. The number of rotatable bonds is 6. The number of benzene rings is 1. The lowest BCUT2D eigenvalue weighted by Crippen LogP contribution is -2.59. The number of aromatic nitrogens is 3. The molecular formula is C21H22F3N5O2. The van der Waals surface area contributed by atoms with Gasteiger partial charge in [-0.1, -0.05) is 6.92 Å². The molecule has 1 saturated heterocycles. The maximum atomic E-state index is 14.5. The predicted molar refractivity (Wildman–Crippen MR) is 109 cm³/mol. The van der Waals surface area contributed by atoms with Crippen LogP contribution in [0.1, 0.15) is 31.2 Å². The average molecular weight is 433 g/mol. The summed E-state index contributed by atoms with van der Waals surface area (Å²) in [5.74, 6) is -3.26. The monoisotopic (exact) mass is 433 g/mol. The number of carbonyl (C=O) groups excluding carboxylic acids is 1. The van der Waals surface area contributed by atoms with Crippen molar-refractivity contribution in [3.05, 3.63) is 48.0 Å². The number of nitrogens with one attached hydrogen (secondary N) is 1. The van der Waals surface area contributed by atoms with Gasteiger partial charge in [0, 0.05) is 30.1 Å². The molecule has 0 bridgehead atoms. The minimum absolute atomic E-state index is 0.0780. The Hall–Kier alpha value is -3.14. The number of hydrogen-bond donors (Lipinski definition) is 2. The molecule has 0 aliphatic carbocycles. The number of urea groups is 1. The Morgan fingerprint density at radius 3 is 2.77 bits per heavy atom. The van der Waals surface area contributed by atoms with Crippen LogP contribution in [0, 0.1) is 5.82 Å². The highest BCUT2D eigenvalue weighted by atomic mass is 19.3. The molecule has 2 amide bonds. The fraction of sp³-hybridized carbons (Fsp3) is 0.381. The van der Waals surface area contributed by atoms with E-state index in [4.69, 9.17) is 0 Å². The highest BCUT2D eigenvalue weighted by molar-refractivity contribution is 5.90. The fourth-order valence-electron chi connectivity index (χ4n) is 3.67. The molecule has 0 spiro atoms. The Bertz CT molecular complexity index is 1110. The van der Waals surface area contributed by atoms with Crippen molar-refractivity contribution in [3.8, 4) is 5.69 Å². The molecule has 31 heavy (non-hydrogen) atoms. The van der Waals surface area contributed by atoms with Crippen LogP contribution in [0.15, 0.2) is 36.7 Å². The molecule has 164 valence electrons. The number of pyridine rings is 1. The Labute approximate surface area is 176 Å². The van der Waals surface area contributed by atoms with Crippen LogP contribution in [0.4, 0.5) is 23.7 Å². The molecule has 3 heterocycles. The van der Waals surface area contributed by atoms with E-state index in [2.05, 4.69) is 15.4 Å². The van der Waals surface area contributed by atoms with Crippen molar-refractivity contribution >= 4 is 22.8 Å². The first-order valence-electron chi connectivity index (χ1n) is 9.99. The Balaban J connectivity index is 1.58. The summed E-state index contributed by atoms with van der Waals surface area (Å²) in [6.07, 6.45) is 4.81. The van der Waals surface area contributed by atoms with Crippen molar-refractivity contribution in [2.75, 3.05) is 25.0 Å². The van der Waals surface area contributed by atoms with Gasteiger partial charge in [0.05, 0.1) is 13.1 Å². The van der Waals surface area contributed by atoms with Gasteiger partial charge in [-0.25, -0.2) is 27.6 Å². The summed E-state index contributed by atoms with van der Waals surface area (Å²) in [5, 5.41) is 16.8. The minimum Gasteiger partial charge on any atom is -0.396 e. The first-order chi connectivity index (χ1) is 14.8. The third-order valence-electron chi connectivity index (χ3n) is 5.40. The summed E-state index contributed by atoms with van der Waals surface area (Å²) in [6.45, 7) is 0.833. The molecule has 3 aromatic rings. The summed E-state index contributed by atoms with van der Waals surface area (Å²) in [6, 6.07) is 5.17. The SMILES string of the molecule is CCC(CCO)c1cnc2nn(-c3cc(NC(=O)N4CC(F)(F)C4)ccc3F)cc2c1. The fourth-order valence-corrected chi connectivity index (χ4v) is 3.67. The van der Waals surface area contributed by atoms with Gasteiger partial charge in [-0.15, -0.1) is 5.10 Å². The molecule has 7 nitrogen and oxygen atoms in total. The first-order valence-corrected chi connectivity index (χ1v) is 9.99. The smallest absolute Gasteiger partial charge is 0.322 e. The molecule has 2 N–H and O–H groups in total. The average Bonchev–Trinajstić information content (AvgIpc) is 3.14. The van der Waals surface area contributed by atoms with E-state index < -0.39 is 30.9 Å². The second-order valence-corrected chi connectivity index (χ2v) is 7.68. The van der Waals surface area contributed by atoms with Crippen molar-refractivity contribution in [2.45, 2.75) is 31.6 Å². The molecule has 4 rings (SSSR count). The van der Waals surface area contributed by atoms with Crippen molar-refractivity contribution in [1.82, 2.24) is 19.7 Å². The molecule has 1 atom stereocenters. The lowest BCUT2D eigenvalue weighted by atomic mass is 9.94. The van der Waals surface area contributed by atoms with Gasteiger partial charge in [-0.2, -0.15) is 0 Å². The van der Waals surface area contributed by atoms with Crippen molar-refractivity contribution < 1.29 is 23.1 Å². The van der Waals surface area contributed by atoms with E-state index >= 15 is 0 Å². The number of likely N-dealkylation sites (tertiary alicyclic amines) is 1. The summed E-state index contributed by atoms with van der Waals surface area (Å²) < 4.78 is 41.8. The molecule has 1 aliphatic heterocycles. The maximum Gasteiger partial charge on any atom is 0.322 e.